The van der Waals surface area contributed by atoms with Gasteiger partial charge < -0.3 is 14.6 Å². The predicted molar refractivity (Wildman–Crippen MR) is 145 cm³/mol. The van der Waals surface area contributed by atoms with Crippen LogP contribution in [0.1, 0.15) is 49.1 Å². The molecule has 0 aromatic heterocycles. The van der Waals surface area contributed by atoms with Crippen LogP contribution in [0.3, 0.4) is 0 Å². The number of benzene rings is 3. The van der Waals surface area contributed by atoms with E-state index in [1.165, 1.54) is 4.90 Å². The van der Waals surface area contributed by atoms with Crippen molar-refractivity contribution >= 4 is 29.1 Å². The fraction of sp³-hybridized carbons (Fsp3) is 0.258. The van der Waals surface area contributed by atoms with Crippen LogP contribution in [-0.4, -0.2) is 35.5 Å². The molecule has 1 fully saturated rings. The van der Waals surface area contributed by atoms with Gasteiger partial charge in [-0.3, -0.25) is 19.3 Å². The third-order valence-electron chi connectivity index (χ3n) is 6.24. The monoisotopic (exact) mass is 513 g/mol. The Morgan fingerprint density at radius 2 is 1.68 bits per heavy atom. The van der Waals surface area contributed by atoms with Crippen LogP contribution < -0.4 is 9.64 Å². The molecule has 0 radical (unpaired) electrons. The third kappa shape index (κ3) is 5.47. The van der Waals surface area contributed by atoms with Crippen molar-refractivity contribution in [3.05, 3.63) is 101 Å². The molecule has 1 atom stereocenters. The van der Waals surface area contributed by atoms with Crippen LogP contribution in [0.5, 0.6) is 5.75 Å². The highest BCUT2D eigenvalue weighted by Gasteiger charge is 2.46. The first kappa shape index (κ1) is 26.7. The van der Waals surface area contributed by atoms with Gasteiger partial charge in [-0.25, -0.2) is 0 Å². The Balaban J connectivity index is 1.78. The molecule has 3 aromatic rings. The number of carbonyl (C=O) groups excluding carboxylic acids is 3. The highest BCUT2D eigenvalue weighted by molar-refractivity contribution is 6.51. The lowest BCUT2D eigenvalue weighted by atomic mass is 9.94. The van der Waals surface area contributed by atoms with Crippen molar-refractivity contribution in [2.75, 3.05) is 11.5 Å². The molecule has 1 aliphatic heterocycles. The predicted octanol–water partition coefficient (Wildman–Crippen LogP) is 5.51. The van der Waals surface area contributed by atoms with Gasteiger partial charge in [-0.05, 0) is 74.7 Å². The first-order chi connectivity index (χ1) is 18.2. The Hall–Kier alpha value is -4.39. The topological polar surface area (TPSA) is 93.1 Å². The number of aryl methyl sites for hydroxylation is 1. The maximum absolute atomic E-state index is 13.4. The summed E-state index contributed by atoms with van der Waals surface area (Å²) in [7, 11) is 0. The van der Waals surface area contributed by atoms with E-state index in [1.54, 1.807) is 49.4 Å². The Bertz CT molecular complexity index is 1380. The van der Waals surface area contributed by atoms with E-state index >= 15 is 0 Å². The van der Waals surface area contributed by atoms with Gasteiger partial charge >= 0.3 is 5.97 Å². The minimum atomic E-state index is -0.834. The van der Waals surface area contributed by atoms with Crippen molar-refractivity contribution in [1.82, 2.24) is 0 Å². The fourth-order valence-electron chi connectivity index (χ4n) is 4.54. The SMILES string of the molecule is CCOC(=O)Cc1ccc(N2C(=O)C(=O)/C(=C(\O)c3ccc(OC(C)C)c(C)c3)C2c2ccccc2)cc1. The number of ketones is 1. The lowest BCUT2D eigenvalue weighted by Gasteiger charge is -2.25. The van der Waals surface area contributed by atoms with Crippen molar-refractivity contribution in [3.8, 4) is 5.75 Å². The Morgan fingerprint density at radius 3 is 2.29 bits per heavy atom. The molecule has 1 N–H and O–H groups in total. The number of hydrogen-bond acceptors (Lipinski definition) is 6. The van der Waals surface area contributed by atoms with Crippen molar-refractivity contribution in [2.24, 2.45) is 0 Å². The highest BCUT2D eigenvalue weighted by Crippen LogP contribution is 2.42. The largest absolute Gasteiger partial charge is 0.507 e. The van der Waals surface area contributed by atoms with Gasteiger partial charge in [-0.15, -0.1) is 0 Å². The molecule has 1 unspecified atom stereocenters. The Morgan fingerprint density at radius 1 is 1.00 bits per heavy atom. The highest BCUT2D eigenvalue weighted by atomic mass is 16.5. The molecule has 0 aliphatic carbocycles. The second kappa shape index (κ2) is 11.3. The molecule has 0 saturated carbocycles. The number of aliphatic hydroxyl groups is 1. The van der Waals surface area contributed by atoms with Crippen molar-refractivity contribution in [3.63, 3.8) is 0 Å². The molecule has 3 aromatic carbocycles. The van der Waals surface area contributed by atoms with E-state index in [4.69, 9.17) is 9.47 Å². The maximum atomic E-state index is 13.4. The van der Waals surface area contributed by atoms with Gasteiger partial charge in [0.25, 0.3) is 11.7 Å². The van der Waals surface area contributed by atoms with Crippen LogP contribution in [0.15, 0.2) is 78.4 Å². The van der Waals surface area contributed by atoms with E-state index in [0.717, 1.165) is 11.1 Å². The van der Waals surface area contributed by atoms with Gasteiger partial charge in [0.2, 0.25) is 0 Å². The van der Waals surface area contributed by atoms with Gasteiger partial charge in [0.1, 0.15) is 11.5 Å². The smallest absolute Gasteiger partial charge is 0.310 e. The molecule has 1 amide bonds. The van der Waals surface area contributed by atoms with Crippen LogP contribution in [0.2, 0.25) is 0 Å². The van der Waals surface area contributed by atoms with Crippen LogP contribution in [0, 0.1) is 6.92 Å². The number of anilines is 1. The average Bonchev–Trinajstić information content (AvgIpc) is 3.16. The lowest BCUT2D eigenvalue weighted by molar-refractivity contribution is -0.142. The summed E-state index contributed by atoms with van der Waals surface area (Å²) in [6, 6.07) is 20.3. The minimum Gasteiger partial charge on any atom is -0.507 e. The zero-order chi connectivity index (χ0) is 27.4. The molecule has 1 aliphatic rings. The number of esters is 1. The van der Waals surface area contributed by atoms with Crippen LogP contribution in [0.25, 0.3) is 5.76 Å². The van der Waals surface area contributed by atoms with Gasteiger partial charge in [-0.2, -0.15) is 0 Å². The summed E-state index contributed by atoms with van der Waals surface area (Å²) in [6.07, 6.45) is 0.0884. The van der Waals surface area contributed by atoms with Gasteiger partial charge in [0.15, 0.2) is 0 Å². The van der Waals surface area contributed by atoms with E-state index in [9.17, 15) is 19.5 Å². The Kier molecular flexibility index (Phi) is 7.96. The second-order valence-electron chi connectivity index (χ2n) is 9.37. The maximum Gasteiger partial charge on any atom is 0.310 e. The summed E-state index contributed by atoms with van der Waals surface area (Å²) in [4.78, 5) is 40.0. The van der Waals surface area contributed by atoms with E-state index in [-0.39, 0.29) is 29.8 Å². The number of ether oxygens (including phenoxy) is 2. The average molecular weight is 514 g/mol. The number of aliphatic hydroxyl groups excluding tert-OH is 1. The lowest BCUT2D eigenvalue weighted by Crippen LogP contribution is -2.29. The normalized spacial score (nSPS) is 16.7. The van der Waals surface area contributed by atoms with Crippen molar-refractivity contribution < 1.29 is 29.0 Å². The van der Waals surface area contributed by atoms with E-state index in [2.05, 4.69) is 0 Å². The number of amides is 1. The summed E-state index contributed by atoms with van der Waals surface area (Å²) < 4.78 is 10.8. The second-order valence-corrected chi connectivity index (χ2v) is 9.37. The minimum absolute atomic E-state index is 0.00808. The zero-order valence-electron chi connectivity index (χ0n) is 21.9. The molecule has 38 heavy (non-hydrogen) atoms. The molecule has 0 spiro atoms. The van der Waals surface area contributed by atoms with Crippen molar-refractivity contribution in [1.29, 1.82) is 0 Å². The van der Waals surface area contributed by atoms with E-state index < -0.39 is 17.7 Å². The number of Topliss-reactive ketones (excluding diaryl/α,β-unsaturated/α-hetero) is 1. The van der Waals surface area contributed by atoms with Crippen LogP contribution in [-0.2, 0) is 25.5 Å². The summed E-state index contributed by atoms with van der Waals surface area (Å²) in [5.41, 5.74) is 3.10. The Labute approximate surface area is 222 Å². The van der Waals surface area contributed by atoms with E-state index in [1.807, 2.05) is 51.1 Å². The molecule has 7 heteroatoms. The standard InChI is InChI=1S/C31H31NO6/c1-5-37-26(33)18-21-11-14-24(15-12-21)32-28(22-9-7-6-8-10-22)27(30(35)31(32)36)29(34)23-13-16-25(20(4)17-23)38-19(2)3/h6-17,19,28,34H,5,18H2,1-4H3/b29-27-. The molecule has 196 valence electrons. The van der Waals surface area contributed by atoms with Gasteiger partial charge in [0, 0.05) is 11.3 Å². The third-order valence-corrected chi connectivity index (χ3v) is 6.24. The number of hydrogen-bond donors (Lipinski definition) is 1. The van der Waals surface area contributed by atoms with Crippen molar-refractivity contribution in [2.45, 2.75) is 46.3 Å². The summed E-state index contributed by atoms with van der Waals surface area (Å²) in [5, 5.41) is 11.4. The van der Waals surface area contributed by atoms with Crippen LogP contribution >= 0.6 is 0 Å². The first-order valence-corrected chi connectivity index (χ1v) is 12.6. The molecule has 1 heterocycles. The quantitative estimate of drug-likeness (QED) is 0.185. The van der Waals surface area contributed by atoms with E-state index in [0.29, 0.717) is 29.2 Å². The molecular formula is C31H31NO6. The molecular weight excluding hydrogens is 482 g/mol. The molecule has 4 rings (SSSR count). The summed E-state index contributed by atoms with van der Waals surface area (Å²) in [5.74, 6) is -1.43. The molecule has 1 saturated heterocycles. The summed E-state index contributed by atoms with van der Waals surface area (Å²) in [6.45, 7) is 7.76. The number of carbonyl (C=O) groups is 3. The molecule has 0 bridgehead atoms. The summed E-state index contributed by atoms with van der Waals surface area (Å²) >= 11 is 0. The fourth-order valence-corrected chi connectivity index (χ4v) is 4.54. The zero-order valence-corrected chi connectivity index (χ0v) is 21.9. The molecule has 7 nitrogen and oxygen atoms in total. The van der Waals surface area contributed by atoms with Crippen LogP contribution in [0.4, 0.5) is 5.69 Å². The van der Waals surface area contributed by atoms with Gasteiger partial charge in [0.05, 0.1) is 30.7 Å². The first-order valence-electron chi connectivity index (χ1n) is 12.6. The van der Waals surface area contributed by atoms with Gasteiger partial charge in [-0.1, -0.05) is 42.5 Å². The number of rotatable bonds is 8. The number of nitrogens with zero attached hydrogens (tertiary/aromatic N) is 1.